The number of fused-ring (bicyclic) bond motifs is 1. The second kappa shape index (κ2) is 6.81. The standard InChI is InChI=1S/C21H21NO3Si/c1-25-21(24)17-7-5-6-8-19(17)22-14-16-10-9-15(11-12-26(2,3)4)13-18(16)20(22)23/h5-10,13H,14H2,1-4H3. The molecule has 3 rings (SSSR count). The van der Waals surface area contributed by atoms with Gasteiger partial charge in [0.1, 0.15) is 8.07 Å². The van der Waals surface area contributed by atoms with Gasteiger partial charge >= 0.3 is 5.97 Å². The SMILES string of the molecule is COC(=O)c1ccccc1N1Cc2ccc(C#C[Si](C)(C)C)cc2C1=O. The second-order valence-corrected chi connectivity index (χ2v) is 12.0. The van der Waals surface area contributed by atoms with Crippen LogP contribution in [0.15, 0.2) is 42.5 Å². The van der Waals surface area contributed by atoms with Crippen LogP contribution in [0, 0.1) is 11.5 Å². The molecule has 5 heteroatoms. The van der Waals surface area contributed by atoms with Gasteiger partial charge < -0.3 is 9.64 Å². The minimum absolute atomic E-state index is 0.118. The van der Waals surface area contributed by atoms with Gasteiger partial charge in [-0.2, -0.15) is 0 Å². The Morgan fingerprint density at radius 1 is 1.15 bits per heavy atom. The molecular weight excluding hydrogens is 342 g/mol. The highest BCUT2D eigenvalue weighted by Gasteiger charge is 2.31. The van der Waals surface area contributed by atoms with E-state index in [1.807, 2.05) is 24.3 Å². The molecule has 0 aliphatic carbocycles. The zero-order valence-electron chi connectivity index (χ0n) is 15.4. The number of carbonyl (C=O) groups excluding carboxylic acids is 2. The fourth-order valence-electron chi connectivity index (χ4n) is 2.82. The van der Waals surface area contributed by atoms with E-state index < -0.39 is 14.0 Å². The van der Waals surface area contributed by atoms with Crippen molar-refractivity contribution in [2.24, 2.45) is 0 Å². The van der Waals surface area contributed by atoms with E-state index in [1.165, 1.54) is 7.11 Å². The first kappa shape index (κ1) is 18.0. The van der Waals surface area contributed by atoms with Gasteiger partial charge in [-0.1, -0.05) is 43.8 Å². The summed E-state index contributed by atoms with van der Waals surface area (Å²) in [5, 5.41) is 0. The molecule has 0 N–H and O–H groups in total. The molecule has 1 aliphatic rings. The molecule has 2 aromatic carbocycles. The number of hydrogen-bond donors (Lipinski definition) is 0. The maximum Gasteiger partial charge on any atom is 0.339 e. The molecule has 0 aromatic heterocycles. The van der Waals surface area contributed by atoms with Crippen LogP contribution in [-0.4, -0.2) is 27.1 Å². The van der Waals surface area contributed by atoms with E-state index in [-0.39, 0.29) is 5.91 Å². The Morgan fingerprint density at radius 2 is 1.88 bits per heavy atom. The molecule has 0 saturated carbocycles. The van der Waals surface area contributed by atoms with Gasteiger partial charge in [0, 0.05) is 11.1 Å². The lowest BCUT2D eigenvalue weighted by Gasteiger charge is -2.18. The number of rotatable bonds is 2. The van der Waals surface area contributed by atoms with E-state index in [0.717, 1.165) is 11.1 Å². The van der Waals surface area contributed by atoms with Crippen molar-refractivity contribution < 1.29 is 14.3 Å². The third-order valence-electron chi connectivity index (χ3n) is 4.10. The van der Waals surface area contributed by atoms with Crippen LogP contribution >= 0.6 is 0 Å². The predicted molar refractivity (Wildman–Crippen MR) is 105 cm³/mol. The largest absolute Gasteiger partial charge is 0.465 e. The molecule has 1 amide bonds. The molecule has 0 saturated heterocycles. The Hall–Kier alpha value is -2.84. The molecule has 1 aliphatic heterocycles. The summed E-state index contributed by atoms with van der Waals surface area (Å²) in [6.07, 6.45) is 0. The number of ether oxygens (including phenoxy) is 1. The van der Waals surface area contributed by atoms with Crippen LogP contribution in [0.25, 0.3) is 0 Å². The average Bonchev–Trinajstić information content (AvgIpc) is 2.95. The second-order valence-electron chi connectivity index (χ2n) is 7.27. The predicted octanol–water partition coefficient (Wildman–Crippen LogP) is 3.86. The molecule has 26 heavy (non-hydrogen) atoms. The first-order chi connectivity index (χ1) is 12.3. The fourth-order valence-corrected chi connectivity index (χ4v) is 3.34. The Kier molecular flexibility index (Phi) is 4.71. The molecule has 0 spiro atoms. The number of methoxy groups -OCH3 is 1. The van der Waals surface area contributed by atoms with Crippen LogP contribution in [0.3, 0.4) is 0 Å². The highest BCUT2D eigenvalue weighted by molar-refractivity contribution is 6.83. The minimum Gasteiger partial charge on any atom is -0.465 e. The zero-order chi connectivity index (χ0) is 18.9. The molecule has 0 unspecified atom stereocenters. The summed E-state index contributed by atoms with van der Waals surface area (Å²) in [7, 11) is -0.144. The van der Waals surface area contributed by atoms with E-state index in [0.29, 0.717) is 23.4 Å². The van der Waals surface area contributed by atoms with E-state index in [4.69, 9.17) is 4.74 Å². The molecule has 132 valence electrons. The lowest BCUT2D eigenvalue weighted by Crippen LogP contribution is -2.25. The number of amides is 1. The third kappa shape index (κ3) is 3.56. The van der Waals surface area contributed by atoms with Gasteiger partial charge in [0.2, 0.25) is 0 Å². The van der Waals surface area contributed by atoms with Crippen LogP contribution in [0.4, 0.5) is 5.69 Å². The van der Waals surface area contributed by atoms with Crippen molar-refractivity contribution in [1.29, 1.82) is 0 Å². The van der Waals surface area contributed by atoms with Gasteiger partial charge in [-0.3, -0.25) is 4.79 Å². The third-order valence-corrected chi connectivity index (χ3v) is 4.97. The lowest BCUT2D eigenvalue weighted by molar-refractivity contribution is 0.0601. The number of nitrogens with zero attached hydrogens (tertiary/aromatic N) is 1. The molecule has 0 bridgehead atoms. The molecule has 4 nitrogen and oxygen atoms in total. The van der Waals surface area contributed by atoms with Gasteiger partial charge in [0.15, 0.2) is 0 Å². The van der Waals surface area contributed by atoms with Crippen molar-refractivity contribution >= 4 is 25.6 Å². The van der Waals surface area contributed by atoms with Crippen molar-refractivity contribution in [2.45, 2.75) is 26.2 Å². The Morgan fingerprint density at radius 3 is 2.58 bits per heavy atom. The van der Waals surface area contributed by atoms with Crippen LogP contribution in [0.2, 0.25) is 19.6 Å². The van der Waals surface area contributed by atoms with Crippen LogP contribution in [0.5, 0.6) is 0 Å². The van der Waals surface area contributed by atoms with Crippen LogP contribution in [-0.2, 0) is 11.3 Å². The fraction of sp³-hybridized carbons (Fsp3) is 0.238. The molecule has 2 aromatic rings. The maximum absolute atomic E-state index is 12.9. The van der Waals surface area contributed by atoms with Crippen molar-refractivity contribution in [3.63, 3.8) is 0 Å². The van der Waals surface area contributed by atoms with Crippen molar-refractivity contribution in [1.82, 2.24) is 0 Å². The summed E-state index contributed by atoms with van der Waals surface area (Å²) in [5.41, 5.74) is 6.70. The summed E-state index contributed by atoms with van der Waals surface area (Å²) in [4.78, 5) is 26.6. The number of carbonyl (C=O) groups is 2. The highest BCUT2D eigenvalue weighted by atomic mass is 28.3. The molecule has 0 atom stereocenters. The summed E-state index contributed by atoms with van der Waals surface area (Å²) in [6.45, 7) is 6.99. The van der Waals surface area contributed by atoms with E-state index in [2.05, 4.69) is 31.1 Å². The first-order valence-electron chi connectivity index (χ1n) is 8.45. The maximum atomic E-state index is 12.9. The number of anilines is 1. The summed E-state index contributed by atoms with van der Waals surface area (Å²) in [6, 6.07) is 12.8. The first-order valence-corrected chi connectivity index (χ1v) is 12.0. The van der Waals surface area contributed by atoms with Crippen molar-refractivity contribution in [2.75, 3.05) is 12.0 Å². The van der Waals surface area contributed by atoms with Gasteiger partial charge in [0.05, 0.1) is 24.9 Å². The van der Waals surface area contributed by atoms with Crippen molar-refractivity contribution in [3.8, 4) is 11.5 Å². The zero-order valence-corrected chi connectivity index (χ0v) is 16.4. The Bertz CT molecular complexity index is 948. The number of hydrogen-bond acceptors (Lipinski definition) is 3. The lowest BCUT2D eigenvalue weighted by atomic mass is 10.1. The van der Waals surface area contributed by atoms with Gasteiger partial charge in [0.25, 0.3) is 5.91 Å². The monoisotopic (exact) mass is 363 g/mol. The van der Waals surface area contributed by atoms with Gasteiger partial charge in [-0.15, -0.1) is 5.54 Å². The molecular formula is C21H21NO3Si. The van der Waals surface area contributed by atoms with Crippen LogP contribution in [0.1, 0.15) is 31.8 Å². The van der Waals surface area contributed by atoms with E-state index >= 15 is 0 Å². The van der Waals surface area contributed by atoms with Crippen molar-refractivity contribution in [3.05, 3.63) is 64.7 Å². The molecule has 1 heterocycles. The Balaban J connectivity index is 1.97. The summed E-state index contributed by atoms with van der Waals surface area (Å²) in [5.74, 6) is 2.62. The Labute approximate surface area is 154 Å². The normalized spacial score (nSPS) is 13.1. The number of para-hydroxylation sites is 1. The number of benzene rings is 2. The smallest absolute Gasteiger partial charge is 0.339 e. The van der Waals surface area contributed by atoms with Gasteiger partial charge in [-0.25, -0.2) is 4.79 Å². The van der Waals surface area contributed by atoms with E-state index in [1.54, 1.807) is 23.1 Å². The topological polar surface area (TPSA) is 46.6 Å². The summed E-state index contributed by atoms with van der Waals surface area (Å²) < 4.78 is 4.84. The van der Waals surface area contributed by atoms with Gasteiger partial charge in [-0.05, 0) is 29.8 Å². The van der Waals surface area contributed by atoms with Crippen LogP contribution < -0.4 is 4.90 Å². The average molecular weight is 363 g/mol. The summed E-state index contributed by atoms with van der Waals surface area (Å²) >= 11 is 0. The highest BCUT2D eigenvalue weighted by Crippen LogP contribution is 2.31. The minimum atomic E-state index is -1.48. The number of esters is 1. The quantitative estimate of drug-likeness (QED) is 0.462. The molecule has 0 fully saturated rings. The molecule has 0 radical (unpaired) electrons. The van der Waals surface area contributed by atoms with E-state index in [9.17, 15) is 9.59 Å².